The van der Waals surface area contributed by atoms with E-state index >= 15 is 0 Å². The van der Waals surface area contributed by atoms with Crippen LogP contribution in [0.5, 0.6) is 0 Å². The third-order valence-corrected chi connectivity index (χ3v) is 6.84. The molecule has 2 aromatic heterocycles. The smallest absolute Gasteiger partial charge is 0.240 e. The Morgan fingerprint density at radius 3 is 2.41 bits per heavy atom. The van der Waals surface area contributed by atoms with Crippen molar-refractivity contribution in [2.24, 2.45) is 0 Å². The van der Waals surface area contributed by atoms with Crippen molar-refractivity contribution in [3.63, 3.8) is 0 Å². The van der Waals surface area contributed by atoms with Gasteiger partial charge in [-0.25, -0.2) is 13.1 Å². The van der Waals surface area contributed by atoms with E-state index in [4.69, 9.17) is 0 Å². The summed E-state index contributed by atoms with van der Waals surface area (Å²) in [5.41, 5.74) is 1.34. The molecule has 2 amide bonds. The number of carbonyl (C=O) groups is 2. The lowest BCUT2D eigenvalue weighted by molar-refractivity contribution is -0.121. The number of aromatic nitrogens is 2. The average molecular weight is 431 g/mol. The molecule has 1 fully saturated rings. The number of anilines is 1. The third kappa shape index (κ3) is 4.00. The first-order valence-electron chi connectivity index (χ1n) is 8.92. The van der Waals surface area contributed by atoms with E-state index in [-0.39, 0.29) is 42.1 Å². The van der Waals surface area contributed by atoms with Crippen LogP contribution in [0.1, 0.15) is 24.4 Å². The largest absolute Gasteiger partial charge is 0.274 e. The summed E-state index contributed by atoms with van der Waals surface area (Å²) in [7, 11) is -3.78. The van der Waals surface area contributed by atoms with Gasteiger partial charge < -0.3 is 0 Å². The van der Waals surface area contributed by atoms with Gasteiger partial charge in [-0.15, -0.1) is 0 Å². The summed E-state index contributed by atoms with van der Waals surface area (Å²) in [6.07, 6.45) is 3.79. The van der Waals surface area contributed by atoms with Crippen LogP contribution in [0.25, 0.3) is 0 Å². The fourth-order valence-corrected chi connectivity index (χ4v) is 4.95. The highest BCUT2D eigenvalue weighted by Crippen LogP contribution is 2.24. The summed E-state index contributed by atoms with van der Waals surface area (Å²) < 4.78 is 29.8. The lowest BCUT2D eigenvalue weighted by Gasteiger charge is -2.18. The van der Waals surface area contributed by atoms with Crippen LogP contribution in [0.3, 0.4) is 0 Å². The van der Waals surface area contributed by atoms with E-state index in [9.17, 15) is 18.0 Å². The summed E-state index contributed by atoms with van der Waals surface area (Å²) in [6.45, 7) is 0.131. The van der Waals surface area contributed by atoms with Crippen molar-refractivity contribution in [3.8, 4) is 0 Å². The van der Waals surface area contributed by atoms with Gasteiger partial charge in [0.2, 0.25) is 21.8 Å². The van der Waals surface area contributed by atoms with Gasteiger partial charge in [0, 0.05) is 31.8 Å². The zero-order valence-corrected chi connectivity index (χ0v) is 16.9. The Kier molecular flexibility index (Phi) is 5.31. The second-order valence-corrected chi connectivity index (χ2v) is 9.07. The maximum Gasteiger partial charge on any atom is 0.240 e. The molecule has 10 heteroatoms. The van der Waals surface area contributed by atoms with Crippen molar-refractivity contribution in [2.45, 2.75) is 23.8 Å². The van der Waals surface area contributed by atoms with Gasteiger partial charge in [-0.05, 0) is 52.7 Å². The van der Waals surface area contributed by atoms with Gasteiger partial charge in [-0.1, -0.05) is 0 Å². The van der Waals surface area contributed by atoms with Crippen LogP contribution < -0.4 is 9.62 Å². The predicted molar refractivity (Wildman–Crippen MR) is 108 cm³/mol. The van der Waals surface area contributed by atoms with Crippen LogP contribution in [0.4, 0.5) is 5.69 Å². The number of sulfonamides is 1. The van der Waals surface area contributed by atoms with Crippen LogP contribution in [0.15, 0.2) is 64.4 Å². The summed E-state index contributed by atoms with van der Waals surface area (Å²) >= 11 is 1.53. The highest BCUT2D eigenvalue weighted by Gasteiger charge is 2.30. The predicted octanol–water partition coefficient (Wildman–Crippen LogP) is 2.17. The SMILES string of the molecule is O=C1CCC(=O)N1c1ccc(S(=O)(=O)NC[C@H](c2ccsc2)n2cccn2)cc1. The van der Waals surface area contributed by atoms with Crippen molar-refractivity contribution in [1.82, 2.24) is 14.5 Å². The number of carbonyl (C=O) groups excluding carboxylic acids is 2. The van der Waals surface area contributed by atoms with Crippen LogP contribution in [0.2, 0.25) is 0 Å². The van der Waals surface area contributed by atoms with E-state index in [0.717, 1.165) is 10.5 Å². The molecule has 4 rings (SSSR count). The normalized spacial score (nSPS) is 15.8. The van der Waals surface area contributed by atoms with Gasteiger partial charge in [-0.3, -0.25) is 19.2 Å². The van der Waals surface area contributed by atoms with Crippen LogP contribution in [0, 0.1) is 0 Å². The number of thiophene rings is 1. The molecule has 0 saturated carbocycles. The van der Waals surface area contributed by atoms with Crippen LogP contribution in [-0.2, 0) is 19.6 Å². The van der Waals surface area contributed by atoms with E-state index < -0.39 is 10.0 Å². The highest BCUT2D eigenvalue weighted by atomic mass is 32.2. The molecule has 1 atom stereocenters. The second-order valence-electron chi connectivity index (χ2n) is 6.53. The Morgan fingerprint density at radius 1 is 1.10 bits per heavy atom. The minimum absolute atomic E-state index is 0.0601. The molecule has 0 spiro atoms. The van der Waals surface area contributed by atoms with E-state index in [1.165, 1.54) is 35.6 Å². The molecule has 0 bridgehead atoms. The summed E-state index contributed by atoms with van der Waals surface area (Å²) in [4.78, 5) is 24.8. The van der Waals surface area contributed by atoms with Gasteiger partial charge in [0.15, 0.2) is 0 Å². The molecule has 0 aliphatic carbocycles. The number of hydrogen-bond acceptors (Lipinski definition) is 6. The Labute approximate surface area is 171 Å². The van der Waals surface area contributed by atoms with Crippen LogP contribution in [-0.4, -0.2) is 36.6 Å². The van der Waals surface area contributed by atoms with E-state index in [2.05, 4.69) is 9.82 Å². The maximum absolute atomic E-state index is 12.8. The first-order chi connectivity index (χ1) is 14.0. The van der Waals surface area contributed by atoms with Crippen LogP contribution >= 0.6 is 11.3 Å². The number of amides is 2. The Morgan fingerprint density at radius 2 is 1.83 bits per heavy atom. The molecule has 0 unspecified atom stereocenters. The fourth-order valence-electron chi connectivity index (χ4n) is 3.20. The van der Waals surface area contributed by atoms with Crippen molar-refractivity contribution < 1.29 is 18.0 Å². The van der Waals surface area contributed by atoms with E-state index in [1.54, 1.807) is 23.1 Å². The lowest BCUT2D eigenvalue weighted by atomic mass is 10.1. The number of imide groups is 1. The number of hydrogen-bond donors (Lipinski definition) is 1. The van der Waals surface area contributed by atoms with Crippen molar-refractivity contribution in [3.05, 3.63) is 65.1 Å². The number of nitrogens with zero attached hydrogens (tertiary/aromatic N) is 3. The molecule has 1 aliphatic heterocycles. The zero-order valence-electron chi connectivity index (χ0n) is 15.3. The fraction of sp³-hybridized carbons (Fsp3) is 0.211. The third-order valence-electron chi connectivity index (χ3n) is 4.70. The zero-order chi connectivity index (χ0) is 20.4. The van der Waals surface area contributed by atoms with Gasteiger partial charge in [0.05, 0.1) is 16.6 Å². The monoisotopic (exact) mass is 430 g/mol. The summed E-state index contributed by atoms with van der Waals surface area (Å²) in [5, 5.41) is 8.12. The molecule has 0 radical (unpaired) electrons. The van der Waals surface area contributed by atoms with Crippen molar-refractivity contribution in [1.29, 1.82) is 0 Å². The molecule has 1 aliphatic rings. The second kappa shape index (κ2) is 7.90. The molecular formula is C19H18N4O4S2. The van der Waals surface area contributed by atoms with Gasteiger partial charge in [-0.2, -0.15) is 16.4 Å². The Hall–Kier alpha value is -2.82. The number of benzene rings is 1. The lowest BCUT2D eigenvalue weighted by Crippen LogP contribution is -2.31. The van der Waals surface area contributed by atoms with E-state index in [1.807, 2.05) is 16.8 Å². The maximum atomic E-state index is 12.8. The van der Waals surface area contributed by atoms with E-state index in [0.29, 0.717) is 5.69 Å². The number of rotatable bonds is 7. The topological polar surface area (TPSA) is 101 Å². The molecule has 3 heterocycles. The minimum Gasteiger partial charge on any atom is -0.274 e. The van der Waals surface area contributed by atoms with Gasteiger partial charge >= 0.3 is 0 Å². The Bertz CT molecular complexity index is 1060. The molecule has 1 saturated heterocycles. The minimum atomic E-state index is -3.78. The molecule has 3 aromatic rings. The highest BCUT2D eigenvalue weighted by molar-refractivity contribution is 7.89. The number of nitrogens with one attached hydrogen (secondary N) is 1. The van der Waals surface area contributed by atoms with Crippen molar-refractivity contribution in [2.75, 3.05) is 11.4 Å². The van der Waals surface area contributed by atoms with Gasteiger partial charge in [0.25, 0.3) is 0 Å². The first kappa shape index (κ1) is 19.5. The molecule has 29 heavy (non-hydrogen) atoms. The average Bonchev–Trinajstić information content (AvgIpc) is 3.46. The van der Waals surface area contributed by atoms with Crippen molar-refractivity contribution >= 4 is 38.9 Å². The molecule has 8 nitrogen and oxygen atoms in total. The summed E-state index contributed by atoms with van der Waals surface area (Å²) in [5.74, 6) is -0.553. The molecule has 1 N–H and O–H groups in total. The molecular weight excluding hydrogens is 412 g/mol. The quantitative estimate of drug-likeness (QED) is 0.579. The standard InChI is InChI=1S/C19H18N4O4S2/c24-18-6-7-19(25)23(18)15-2-4-16(5-3-15)29(26,27)21-12-17(14-8-11-28-13-14)22-10-1-9-20-22/h1-5,8-11,13,17,21H,6-7,12H2/t17-/m1/s1. The Balaban J connectivity index is 1.51. The molecule has 1 aromatic carbocycles. The van der Waals surface area contributed by atoms with Gasteiger partial charge in [0.1, 0.15) is 0 Å². The summed E-state index contributed by atoms with van der Waals surface area (Å²) in [6, 6.07) is 9.18. The molecule has 150 valence electrons. The first-order valence-corrected chi connectivity index (χ1v) is 11.3.